The van der Waals surface area contributed by atoms with E-state index in [0.29, 0.717) is 31.3 Å². The Balaban J connectivity index is 1.60. The zero-order chi connectivity index (χ0) is 22.0. The molecule has 3 aromatic rings. The SMILES string of the molecule is CCOC(=O)c1cnc(NC(C)(C)c2cc3nc(C)nc(N4CCOCC4)c3s2)nc1. The molecule has 1 N–H and O–H groups in total. The van der Waals surface area contributed by atoms with Crippen LogP contribution in [0, 0.1) is 6.92 Å². The van der Waals surface area contributed by atoms with E-state index in [4.69, 9.17) is 14.5 Å². The summed E-state index contributed by atoms with van der Waals surface area (Å²) in [5, 5.41) is 3.36. The van der Waals surface area contributed by atoms with Crippen molar-refractivity contribution < 1.29 is 14.3 Å². The second-order valence-corrected chi connectivity index (χ2v) is 8.84. The topological polar surface area (TPSA) is 102 Å². The highest BCUT2D eigenvalue weighted by Crippen LogP contribution is 2.38. The number of nitrogens with zero attached hydrogens (tertiary/aromatic N) is 5. The van der Waals surface area contributed by atoms with Crippen molar-refractivity contribution in [2.24, 2.45) is 0 Å². The number of aryl methyl sites for hydroxylation is 1. The van der Waals surface area contributed by atoms with E-state index in [1.807, 2.05) is 6.92 Å². The van der Waals surface area contributed by atoms with Crippen molar-refractivity contribution in [2.45, 2.75) is 33.2 Å². The van der Waals surface area contributed by atoms with Crippen molar-refractivity contribution in [3.8, 4) is 0 Å². The molecule has 1 saturated heterocycles. The molecule has 10 heteroatoms. The summed E-state index contributed by atoms with van der Waals surface area (Å²) in [6.45, 7) is 11.2. The first-order chi connectivity index (χ1) is 14.9. The van der Waals surface area contributed by atoms with E-state index in [1.54, 1.807) is 18.3 Å². The molecule has 31 heavy (non-hydrogen) atoms. The van der Waals surface area contributed by atoms with Crippen LogP contribution in [0.4, 0.5) is 11.8 Å². The Morgan fingerprint density at radius 2 is 1.97 bits per heavy atom. The van der Waals surface area contributed by atoms with E-state index in [1.165, 1.54) is 12.4 Å². The number of hydrogen-bond donors (Lipinski definition) is 1. The molecule has 1 aliphatic heterocycles. The number of esters is 1. The minimum absolute atomic E-state index is 0.312. The summed E-state index contributed by atoms with van der Waals surface area (Å²) in [5.74, 6) is 1.73. The molecule has 0 bridgehead atoms. The smallest absolute Gasteiger partial charge is 0.341 e. The Kier molecular flexibility index (Phi) is 6.01. The van der Waals surface area contributed by atoms with Gasteiger partial charge in [0.2, 0.25) is 5.95 Å². The Morgan fingerprint density at radius 3 is 2.65 bits per heavy atom. The van der Waals surface area contributed by atoms with E-state index in [0.717, 1.165) is 39.8 Å². The monoisotopic (exact) mass is 442 g/mol. The van der Waals surface area contributed by atoms with E-state index < -0.39 is 11.5 Å². The number of anilines is 2. The minimum Gasteiger partial charge on any atom is -0.462 e. The van der Waals surface area contributed by atoms with Crippen LogP contribution in [0.5, 0.6) is 0 Å². The van der Waals surface area contributed by atoms with Crippen molar-refractivity contribution in [3.63, 3.8) is 0 Å². The zero-order valence-electron chi connectivity index (χ0n) is 18.1. The lowest BCUT2D eigenvalue weighted by Crippen LogP contribution is -2.36. The summed E-state index contributed by atoms with van der Waals surface area (Å²) in [5.41, 5.74) is 0.808. The minimum atomic E-state index is -0.451. The number of rotatable bonds is 6. The van der Waals surface area contributed by atoms with Gasteiger partial charge in [-0.15, -0.1) is 11.3 Å². The highest BCUT2D eigenvalue weighted by Gasteiger charge is 2.27. The predicted octanol–water partition coefficient (Wildman–Crippen LogP) is 3.15. The average Bonchev–Trinajstić information content (AvgIpc) is 3.19. The maximum atomic E-state index is 11.8. The lowest BCUT2D eigenvalue weighted by molar-refractivity contribution is 0.0525. The first-order valence-corrected chi connectivity index (χ1v) is 11.1. The molecule has 4 heterocycles. The third kappa shape index (κ3) is 4.59. The molecule has 0 aromatic carbocycles. The number of nitrogens with one attached hydrogen (secondary N) is 1. The summed E-state index contributed by atoms with van der Waals surface area (Å²) in [6, 6.07) is 2.10. The van der Waals surface area contributed by atoms with Gasteiger partial charge in [0.25, 0.3) is 0 Å². The van der Waals surface area contributed by atoms with Crippen LogP contribution in [0.15, 0.2) is 18.5 Å². The largest absolute Gasteiger partial charge is 0.462 e. The maximum Gasteiger partial charge on any atom is 0.341 e. The van der Waals surface area contributed by atoms with Crippen LogP contribution in [0.2, 0.25) is 0 Å². The standard InChI is InChI=1S/C21H26N6O3S/c1-5-30-19(28)14-11-22-20(23-12-14)26-21(3,4)16-10-15-17(31-16)18(25-13(2)24-15)27-6-8-29-9-7-27/h10-12H,5-9H2,1-4H3,(H,22,23,26). The number of thiophene rings is 1. The molecular weight excluding hydrogens is 416 g/mol. The van der Waals surface area contributed by atoms with Crippen LogP contribution in [0.25, 0.3) is 10.2 Å². The Morgan fingerprint density at radius 1 is 1.26 bits per heavy atom. The molecule has 0 atom stereocenters. The summed E-state index contributed by atoms with van der Waals surface area (Å²) >= 11 is 1.67. The van der Waals surface area contributed by atoms with Crippen LogP contribution in [0.3, 0.4) is 0 Å². The number of carbonyl (C=O) groups is 1. The normalized spacial score (nSPS) is 14.6. The molecule has 0 unspecified atom stereocenters. The average molecular weight is 443 g/mol. The van der Waals surface area contributed by atoms with Crippen molar-refractivity contribution in [3.05, 3.63) is 34.7 Å². The number of morpholine rings is 1. The number of carbonyl (C=O) groups excluding carboxylic acids is 1. The molecule has 1 aliphatic rings. The molecular formula is C21H26N6O3S. The highest BCUT2D eigenvalue weighted by molar-refractivity contribution is 7.19. The quantitative estimate of drug-likeness (QED) is 0.577. The van der Waals surface area contributed by atoms with Gasteiger partial charge in [-0.25, -0.2) is 24.7 Å². The molecule has 1 fully saturated rings. The molecule has 0 aliphatic carbocycles. The van der Waals surface area contributed by atoms with Crippen LogP contribution < -0.4 is 10.2 Å². The zero-order valence-corrected chi connectivity index (χ0v) is 19.0. The van der Waals surface area contributed by atoms with Gasteiger partial charge in [-0.05, 0) is 33.8 Å². The van der Waals surface area contributed by atoms with E-state index in [2.05, 4.69) is 45.1 Å². The first-order valence-electron chi connectivity index (χ1n) is 10.3. The summed E-state index contributed by atoms with van der Waals surface area (Å²) in [4.78, 5) is 33.1. The molecule has 0 radical (unpaired) electrons. The van der Waals surface area contributed by atoms with Gasteiger partial charge in [-0.1, -0.05) is 0 Å². The van der Waals surface area contributed by atoms with Crippen LogP contribution >= 0.6 is 11.3 Å². The second kappa shape index (κ2) is 8.72. The van der Waals surface area contributed by atoms with Gasteiger partial charge in [0.15, 0.2) is 5.82 Å². The number of fused-ring (bicyclic) bond motifs is 1. The van der Waals surface area contributed by atoms with Crippen molar-refractivity contribution in [1.29, 1.82) is 0 Å². The van der Waals surface area contributed by atoms with Gasteiger partial charge >= 0.3 is 5.97 Å². The van der Waals surface area contributed by atoms with Crippen molar-refractivity contribution in [2.75, 3.05) is 43.1 Å². The molecule has 0 spiro atoms. The highest BCUT2D eigenvalue weighted by atomic mass is 32.1. The number of hydrogen-bond acceptors (Lipinski definition) is 10. The van der Waals surface area contributed by atoms with E-state index >= 15 is 0 Å². The van der Waals surface area contributed by atoms with Crippen LogP contribution in [-0.4, -0.2) is 58.8 Å². The van der Waals surface area contributed by atoms with Gasteiger partial charge < -0.3 is 19.7 Å². The predicted molar refractivity (Wildman–Crippen MR) is 120 cm³/mol. The lowest BCUT2D eigenvalue weighted by atomic mass is 10.0. The fourth-order valence-electron chi connectivity index (χ4n) is 3.38. The lowest BCUT2D eigenvalue weighted by Gasteiger charge is -2.28. The van der Waals surface area contributed by atoms with Crippen LogP contribution in [-0.2, 0) is 15.0 Å². The molecule has 9 nitrogen and oxygen atoms in total. The van der Waals surface area contributed by atoms with Gasteiger partial charge in [0, 0.05) is 30.4 Å². The number of ether oxygens (including phenoxy) is 2. The molecule has 4 rings (SSSR count). The number of aromatic nitrogens is 4. The molecule has 0 amide bonds. The Hall–Kier alpha value is -2.85. The Labute approximate surface area is 184 Å². The van der Waals surface area contributed by atoms with E-state index in [9.17, 15) is 4.79 Å². The van der Waals surface area contributed by atoms with Gasteiger partial charge in [-0.3, -0.25) is 0 Å². The fourth-order valence-corrected chi connectivity index (χ4v) is 4.55. The van der Waals surface area contributed by atoms with Crippen molar-refractivity contribution >= 4 is 39.3 Å². The molecule has 164 valence electrons. The third-order valence-corrected chi connectivity index (χ3v) is 6.42. The maximum absolute atomic E-state index is 11.8. The van der Waals surface area contributed by atoms with Gasteiger partial charge in [0.1, 0.15) is 5.82 Å². The summed E-state index contributed by atoms with van der Waals surface area (Å²) < 4.78 is 11.5. The van der Waals surface area contributed by atoms with E-state index in [-0.39, 0.29) is 0 Å². The van der Waals surface area contributed by atoms with Gasteiger partial charge in [0.05, 0.1) is 41.1 Å². The fraction of sp³-hybridized carbons (Fsp3) is 0.476. The molecule has 3 aromatic heterocycles. The molecule has 0 saturated carbocycles. The first kappa shape index (κ1) is 21.4. The van der Waals surface area contributed by atoms with Crippen molar-refractivity contribution in [1.82, 2.24) is 19.9 Å². The third-order valence-electron chi connectivity index (χ3n) is 4.98. The summed E-state index contributed by atoms with van der Waals surface area (Å²) in [7, 11) is 0. The summed E-state index contributed by atoms with van der Waals surface area (Å²) in [6.07, 6.45) is 2.94. The second-order valence-electron chi connectivity index (χ2n) is 7.78. The van der Waals surface area contributed by atoms with Gasteiger partial charge in [-0.2, -0.15) is 0 Å². The van der Waals surface area contributed by atoms with Crippen LogP contribution in [0.1, 0.15) is 41.8 Å². The Bertz CT molecular complexity index is 1080.